The summed E-state index contributed by atoms with van der Waals surface area (Å²) < 4.78 is 0. The molecule has 0 aliphatic heterocycles. The highest BCUT2D eigenvalue weighted by atomic mass is 16.3. The van der Waals surface area contributed by atoms with Gasteiger partial charge in [-0.1, -0.05) is 19.8 Å². The van der Waals surface area contributed by atoms with Crippen LogP contribution in [-0.2, 0) is 22.4 Å². The van der Waals surface area contributed by atoms with Gasteiger partial charge in [0.2, 0.25) is 5.78 Å². The van der Waals surface area contributed by atoms with Crippen LogP contribution in [0.15, 0.2) is 33.9 Å². The van der Waals surface area contributed by atoms with Crippen LogP contribution in [0.4, 0.5) is 11.4 Å². The summed E-state index contributed by atoms with van der Waals surface area (Å²) >= 11 is 0. The van der Waals surface area contributed by atoms with E-state index in [1.54, 1.807) is 14.1 Å². The van der Waals surface area contributed by atoms with Crippen molar-refractivity contribution in [3.05, 3.63) is 50.3 Å². The molecule has 1 amide bonds. The molecule has 5 N–H and O–H groups in total. The van der Waals surface area contributed by atoms with Crippen molar-refractivity contribution in [3.63, 3.8) is 0 Å². The number of nitrogens with two attached hydrogens (primary N) is 1. The minimum absolute atomic E-state index is 0.000991. The molecule has 11 nitrogen and oxygen atoms in total. The summed E-state index contributed by atoms with van der Waals surface area (Å²) in [6, 6.07) is 0.851. The number of aliphatic hydroxyl groups is 3. The molecule has 3 aliphatic carbocycles. The van der Waals surface area contributed by atoms with Crippen LogP contribution < -0.4 is 10.6 Å². The molecule has 4 rings (SSSR count). The van der Waals surface area contributed by atoms with Gasteiger partial charge in [0.1, 0.15) is 22.8 Å². The Kier molecular flexibility index (Phi) is 7.44. The van der Waals surface area contributed by atoms with E-state index in [1.165, 1.54) is 4.90 Å². The van der Waals surface area contributed by atoms with Gasteiger partial charge >= 0.3 is 0 Å². The highest BCUT2D eigenvalue weighted by molar-refractivity contribution is 6.25. The predicted molar refractivity (Wildman–Crippen MR) is 145 cm³/mol. The molecular weight excluding hydrogens is 504 g/mol. The molecule has 0 radical (unpaired) electrons. The first-order valence-electron chi connectivity index (χ1n) is 13.2. The molecule has 3 aliphatic rings. The van der Waals surface area contributed by atoms with Gasteiger partial charge in [-0.15, -0.1) is 4.91 Å². The maximum Gasteiger partial charge on any atom is 0.255 e. The van der Waals surface area contributed by atoms with Gasteiger partial charge in [0.15, 0.2) is 11.4 Å². The number of likely N-dealkylation sites (N-methyl/N-ethyl adjacent to an activating group) is 1. The van der Waals surface area contributed by atoms with Gasteiger partial charge in [-0.05, 0) is 68.1 Å². The number of unbranched alkanes of at least 4 members (excludes halogenated alkanes) is 2. The molecule has 0 bridgehead atoms. The number of carbonyl (C=O) groups is 3. The minimum atomic E-state index is -2.66. The van der Waals surface area contributed by atoms with Gasteiger partial charge in [-0.25, -0.2) is 0 Å². The number of nitroso groups, excluding NO2 is 1. The number of nitrogens with zero attached hydrogens (tertiary/aromatic N) is 3. The molecule has 0 saturated heterocycles. The zero-order chi connectivity index (χ0) is 29.0. The number of Topliss-reactive ketones (excluding diaryl/α,β-unsaturated/α-hetero) is 2. The normalized spacial score (nSPS) is 26.4. The lowest BCUT2D eigenvalue weighted by Gasteiger charge is -2.50. The van der Waals surface area contributed by atoms with E-state index < -0.39 is 58.0 Å². The first-order chi connectivity index (χ1) is 18.3. The summed E-state index contributed by atoms with van der Waals surface area (Å²) in [6.07, 6.45) is 3.51. The molecular formula is C28H36N4O7. The Morgan fingerprint density at radius 3 is 2.38 bits per heavy atom. The number of ketones is 2. The molecule has 39 heavy (non-hydrogen) atoms. The molecule has 0 spiro atoms. The third-order valence-electron chi connectivity index (χ3n) is 8.40. The van der Waals surface area contributed by atoms with Crippen LogP contribution in [0.25, 0.3) is 0 Å². The Hall–Kier alpha value is -3.57. The number of aryl methyl sites for hydroxylation is 1. The van der Waals surface area contributed by atoms with Crippen molar-refractivity contribution in [2.75, 3.05) is 33.1 Å². The number of hydrogen-bond acceptors (Lipinski definition) is 10. The number of hydrogen-bond donors (Lipinski definition) is 4. The Balaban J connectivity index is 1.97. The Bertz CT molecular complexity index is 1330. The number of primary amides is 1. The van der Waals surface area contributed by atoms with Crippen molar-refractivity contribution in [3.8, 4) is 0 Å². The lowest BCUT2D eigenvalue weighted by molar-refractivity contribution is -0.148. The third-order valence-corrected chi connectivity index (χ3v) is 8.40. The highest BCUT2D eigenvalue weighted by Gasteiger charge is 2.63. The first-order valence-corrected chi connectivity index (χ1v) is 13.2. The van der Waals surface area contributed by atoms with Gasteiger partial charge in [0.25, 0.3) is 5.91 Å². The summed E-state index contributed by atoms with van der Waals surface area (Å²) in [5, 5.41) is 37.4. The number of fused-ring (bicyclic) bond motifs is 3. The van der Waals surface area contributed by atoms with E-state index in [2.05, 4.69) is 12.1 Å². The molecule has 0 saturated carbocycles. The van der Waals surface area contributed by atoms with E-state index in [-0.39, 0.29) is 29.7 Å². The van der Waals surface area contributed by atoms with E-state index in [1.807, 2.05) is 25.1 Å². The van der Waals surface area contributed by atoms with Crippen molar-refractivity contribution < 1.29 is 29.7 Å². The number of rotatable bonds is 8. The summed E-state index contributed by atoms with van der Waals surface area (Å²) in [4.78, 5) is 55.2. The molecule has 1 aromatic carbocycles. The minimum Gasteiger partial charge on any atom is -0.510 e. The van der Waals surface area contributed by atoms with E-state index in [4.69, 9.17) is 5.73 Å². The number of amides is 1. The number of carbonyl (C=O) groups excluding carboxylic acids is 3. The van der Waals surface area contributed by atoms with Crippen LogP contribution in [-0.4, -0.2) is 77.5 Å². The zero-order valence-corrected chi connectivity index (χ0v) is 22.9. The maximum absolute atomic E-state index is 14.1. The van der Waals surface area contributed by atoms with E-state index in [9.17, 15) is 34.6 Å². The maximum atomic E-state index is 14.1. The first kappa shape index (κ1) is 28.4. The number of allylic oxidation sites excluding steroid dienone is 1. The fourth-order valence-corrected chi connectivity index (χ4v) is 6.61. The summed E-state index contributed by atoms with van der Waals surface area (Å²) in [5.74, 6) is -6.35. The zero-order valence-electron chi connectivity index (χ0n) is 22.9. The quantitative estimate of drug-likeness (QED) is 0.219. The molecule has 1 aromatic rings. The smallest absolute Gasteiger partial charge is 0.255 e. The molecule has 210 valence electrons. The van der Waals surface area contributed by atoms with Gasteiger partial charge < -0.3 is 26.0 Å². The lowest BCUT2D eigenvalue weighted by atomic mass is 9.58. The highest BCUT2D eigenvalue weighted by Crippen LogP contribution is 2.53. The second kappa shape index (κ2) is 10.2. The van der Waals surface area contributed by atoms with Crippen LogP contribution in [0.5, 0.6) is 0 Å². The molecule has 11 heteroatoms. The standard InChI is InChI=1S/C28H36N4O7/c1-6-7-8-9-13-12-17(31(2)3)15-10-14-11-16-22(32(4)5)24(34)20(27(29)37)26(36)28(16,38)25(35)18(14)23(33)19(15)21(13)30-39/h12,14,16,22,34-35,38H,6-11H2,1-5H3,(H2,29,37)/t14-,16-,22-,28-/m0/s1. The van der Waals surface area contributed by atoms with Crippen LogP contribution in [0.1, 0.15) is 54.1 Å². The van der Waals surface area contributed by atoms with Crippen LogP contribution in [0.2, 0.25) is 0 Å². The fourth-order valence-electron chi connectivity index (χ4n) is 6.61. The van der Waals surface area contributed by atoms with Crippen molar-refractivity contribution in [2.45, 2.75) is 57.1 Å². The average molecular weight is 541 g/mol. The third kappa shape index (κ3) is 4.15. The van der Waals surface area contributed by atoms with Crippen LogP contribution in [0, 0.1) is 16.7 Å². The van der Waals surface area contributed by atoms with Crippen molar-refractivity contribution >= 4 is 28.8 Å². The van der Waals surface area contributed by atoms with E-state index in [0.29, 0.717) is 17.5 Å². The molecule has 0 heterocycles. The predicted octanol–water partition coefficient (Wildman–Crippen LogP) is 2.61. The summed E-state index contributed by atoms with van der Waals surface area (Å²) in [6.45, 7) is 2.06. The molecule has 4 atom stereocenters. The molecule has 0 unspecified atom stereocenters. The van der Waals surface area contributed by atoms with Crippen LogP contribution in [0.3, 0.4) is 0 Å². The van der Waals surface area contributed by atoms with Crippen molar-refractivity contribution in [1.82, 2.24) is 4.90 Å². The van der Waals surface area contributed by atoms with Crippen LogP contribution >= 0.6 is 0 Å². The number of anilines is 1. The van der Waals surface area contributed by atoms with Crippen molar-refractivity contribution in [2.24, 2.45) is 22.7 Å². The molecule has 0 aromatic heterocycles. The van der Waals surface area contributed by atoms with Gasteiger partial charge in [-0.2, -0.15) is 0 Å². The summed E-state index contributed by atoms with van der Waals surface area (Å²) in [7, 11) is 6.87. The van der Waals surface area contributed by atoms with Gasteiger partial charge in [-0.3, -0.25) is 19.3 Å². The Labute approximate surface area is 226 Å². The summed E-state index contributed by atoms with van der Waals surface area (Å²) in [5.41, 5.74) is 3.75. The average Bonchev–Trinajstić information content (AvgIpc) is 2.85. The van der Waals surface area contributed by atoms with E-state index in [0.717, 1.165) is 24.9 Å². The van der Waals surface area contributed by atoms with Crippen molar-refractivity contribution in [1.29, 1.82) is 0 Å². The number of aliphatic hydroxyl groups excluding tert-OH is 2. The Morgan fingerprint density at radius 2 is 1.85 bits per heavy atom. The molecule has 0 fully saturated rings. The monoisotopic (exact) mass is 540 g/mol. The second-order valence-electron chi connectivity index (χ2n) is 11.2. The topological polar surface area (TPSA) is 174 Å². The van der Waals surface area contributed by atoms with Gasteiger partial charge in [0.05, 0.1) is 11.6 Å². The second-order valence-corrected chi connectivity index (χ2v) is 11.2. The SMILES string of the molecule is CCCCCc1cc(N(C)C)c2c(c1N=O)C(=O)C1=C(O)[C@]3(O)C(=O)C(C(N)=O)=C(O)[C@@H](N(C)C)[C@@H]3C[C@@H]1C2. The Morgan fingerprint density at radius 1 is 1.18 bits per heavy atom. The number of benzene rings is 1. The lowest BCUT2D eigenvalue weighted by Crippen LogP contribution is -2.63. The van der Waals surface area contributed by atoms with Gasteiger partial charge in [0, 0.05) is 31.3 Å². The van der Waals surface area contributed by atoms with E-state index >= 15 is 0 Å². The largest absolute Gasteiger partial charge is 0.510 e. The fraction of sp³-hybridized carbons (Fsp3) is 0.536.